The van der Waals surface area contributed by atoms with Crippen LogP contribution in [-0.2, 0) is 0 Å². The molecule has 168 valence electrons. The standard InChI is InChI=1S/C26H30N2.2BrH.H2O/c1-3-10-21(11-4-1)26-24-13-6-5-12-22(24)23-14-19-28(20-25(23)26)18-9-17-27-15-7-2-8-16-27;;;/h1,3-6,10-14H,2,7-9,15-20H2;2*1H;1H2. The fourth-order valence-corrected chi connectivity index (χ4v) is 5.11. The number of rotatable bonds is 5. The van der Waals surface area contributed by atoms with Crippen LogP contribution in [0.15, 0.2) is 66.2 Å². The summed E-state index contributed by atoms with van der Waals surface area (Å²) >= 11 is 0. The molecule has 1 saturated heterocycles. The molecule has 0 radical (unpaired) electrons. The van der Waals surface area contributed by atoms with Gasteiger partial charge in [0.25, 0.3) is 0 Å². The first-order valence-corrected chi connectivity index (χ1v) is 10.9. The van der Waals surface area contributed by atoms with Crippen molar-refractivity contribution in [2.45, 2.75) is 25.7 Å². The third kappa shape index (κ3) is 5.58. The molecule has 1 fully saturated rings. The predicted octanol–water partition coefficient (Wildman–Crippen LogP) is 5.41. The van der Waals surface area contributed by atoms with Crippen molar-refractivity contribution in [1.29, 1.82) is 0 Å². The van der Waals surface area contributed by atoms with Gasteiger partial charge in [0, 0.05) is 19.6 Å². The zero-order valence-corrected chi connectivity index (χ0v) is 21.5. The van der Waals surface area contributed by atoms with Gasteiger partial charge in [0.05, 0.1) is 0 Å². The number of nitrogens with zero attached hydrogens (tertiary/aromatic N) is 2. The monoisotopic (exact) mass is 548 g/mol. The molecule has 1 aliphatic carbocycles. The van der Waals surface area contributed by atoms with Crippen molar-refractivity contribution in [3.05, 3.63) is 82.9 Å². The average Bonchev–Trinajstić information content (AvgIpc) is 3.09. The smallest absolute Gasteiger partial charge is 0.0249 e. The van der Waals surface area contributed by atoms with Crippen molar-refractivity contribution in [2.24, 2.45) is 0 Å². The summed E-state index contributed by atoms with van der Waals surface area (Å²) in [6.07, 6.45) is 7.95. The van der Waals surface area contributed by atoms with Crippen molar-refractivity contribution in [3.8, 4) is 0 Å². The largest absolute Gasteiger partial charge is 0.412 e. The highest BCUT2D eigenvalue weighted by Crippen LogP contribution is 2.45. The summed E-state index contributed by atoms with van der Waals surface area (Å²) < 4.78 is 0. The Morgan fingerprint density at radius 2 is 1.35 bits per heavy atom. The third-order valence-corrected chi connectivity index (χ3v) is 6.51. The van der Waals surface area contributed by atoms with Crippen molar-refractivity contribution in [2.75, 3.05) is 39.3 Å². The summed E-state index contributed by atoms with van der Waals surface area (Å²) in [6.45, 7) is 7.23. The van der Waals surface area contributed by atoms with Crippen LogP contribution >= 0.6 is 34.0 Å². The topological polar surface area (TPSA) is 38.0 Å². The predicted molar refractivity (Wildman–Crippen MR) is 142 cm³/mol. The molecule has 0 bridgehead atoms. The minimum absolute atomic E-state index is 0. The van der Waals surface area contributed by atoms with E-state index in [2.05, 4.69) is 70.5 Å². The molecule has 2 N–H and O–H groups in total. The normalized spacial score (nSPS) is 18.1. The third-order valence-electron chi connectivity index (χ3n) is 6.51. The maximum absolute atomic E-state index is 2.66. The Balaban J connectivity index is 0.00000114. The van der Waals surface area contributed by atoms with Gasteiger partial charge in [-0.05, 0) is 72.3 Å². The summed E-state index contributed by atoms with van der Waals surface area (Å²) in [4.78, 5) is 5.30. The molecular weight excluding hydrogens is 516 g/mol. The van der Waals surface area contributed by atoms with Gasteiger partial charge in [0.1, 0.15) is 0 Å². The number of hydrogen-bond donors (Lipinski definition) is 0. The zero-order chi connectivity index (χ0) is 18.8. The van der Waals surface area contributed by atoms with Gasteiger partial charge in [-0.25, -0.2) is 0 Å². The molecule has 0 atom stereocenters. The Hall–Kier alpha value is -1.24. The molecule has 0 unspecified atom stereocenters. The van der Waals surface area contributed by atoms with E-state index in [1.807, 2.05) is 0 Å². The van der Waals surface area contributed by atoms with E-state index in [-0.39, 0.29) is 39.4 Å². The number of halogens is 2. The second kappa shape index (κ2) is 12.1. The highest BCUT2D eigenvalue weighted by atomic mass is 79.9. The van der Waals surface area contributed by atoms with Crippen molar-refractivity contribution >= 4 is 45.1 Å². The number of piperidine rings is 1. The van der Waals surface area contributed by atoms with E-state index in [0.717, 1.165) is 13.1 Å². The second-order valence-corrected chi connectivity index (χ2v) is 8.37. The van der Waals surface area contributed by atoms with Gasteiger partial charge in [0.15, 0.2) is 0 Å². The lowest BCUT2D eigenvalue weighted by Crippen LogP contribution is -2.35. The molecule has 0 saturated carbocycles. The number of hydrogen-bond acceptors (Lipinski definition) is 2. The van der Waals surface area contributed by atoms with E-state index in [9.17, 15) is 0 Å². The fraction of sp³-hybridized carbons (Fsp3) is 0.385. The number of likely N-dealkylation sites (tertiary alicyclic amines) is 1. The van der Waals surface area contributed by atoms with Gasteiger partial charge in [-0.15, -0.1) is 34.0 Å². The second-order valence-electron chi connectivity index (χ2n) is 8.37. The Morgan fingerprint density at radius 3 is 2.10 bits per heavy atom. The molecule has 5 heteroatoms. The highest BCUT2D eigenvalue weighted by Gasteiger charge is 2.30. The van der Waals surface area contributed by atoms with Crippen LogP contribution in [0, 0.1) is 0 Å². The lowest BCUT2D eigenvalue weighted by atomic mass is 9.96. The minimum atomic E-state index is 0. The maximum Gasteiger partial charge on any atom is 0.0249 e. The molecule has 5 rings (SSSR count). The Kier molecular flexibility index (Phi) is 10.2. The minimum Gasteiger partial charge on any atom is -0.412 e. The van der Waals surface area contributed by atoms with Crippen LogP contribution in [0.1, 0.15) is 42.4 Å². The van der Waals surface area contributed by atoms with Gasteiger partial charge >= 0.3 is 0 Å². The number of fused-ring (bicyclic) bond motifs is 3. The summed E-state index contributed by atoms with van der Waals surface area (Å²) in [5.41, 5.74) is 8.62. The Morgan fingerprint density at radius 1 is 0.710 bits per heavy atom. The molecule has 2 aromatic rings. The van der Waals surface area contributed by atoms with Gasteiger partial charge in [-0.1, -0.05) is 67.1 Å². The first-order valence-electron chi connectivity index (χ1n) is 10.9. The Labute approximate surface area is 207 Å². The van der Waals surface area contributed by atoms with Crippen LogP contribution < -0.4 is 0 Å². The molecule has 2 heterocycles. The summed E-state index contributed by atoms with van der Waals surface area (Å²) in [6, 6.07) is 19.9. The lowest BCUT2D eigenvalue weighted by Gasteiger charge is -2.30. The Bertz CT molecular complexity index is 905. The summed E-state index contributed by atoms with van der Waals surface area (Å²) in [5.74, 6) is 0. The van der Waals surface area contributed by atoms with Crippen molar-refractivity contribution in [1.82, 2.24) is 9.80 Å². The molecule has 3 aliphatic rings. The summed E-state index contributed by atoms with van der Waals surface area (Å²) in [5, 5.41) is 0. The van der Waals surface area contributed by atoms with E-state index in [1.165, 1.54) is 85.3 Å². The quantitative estimate of drug-likeness (QED) is 0.500. The van der Waals surface area contributed by atoms with E-state index >= 15 is 0 Å². The van der Waals surface area contributed by atoms with Crippen molar-refractivity contribution in [3.63, 3.8) is 0 Å². The van der Waals surface area contributed by atoms with Crippen LogP contribution in [0.4, 0.5) is 0 Å². The van der Waals surface area contributed by atoms with Crippen LogP contribution in [0.2, 0.25) is 0 Å². The zero-order valence-electron chi connectivity index (χ0n) is 18.1. The van der Waals surface area contributed by atoms with Crippen LogP contribution in [0.25, 0.3) is 11.1 Å². The first kappa shape index (κ1) is 26.0. The number of benzene rings is 2. The van der Waals surface area contributed by atoms with Gasteiger partial charge < -0.3 is 10.4 Å². The van der Waals surface area contributed by atoms with Gasteiger partial charge in [-0.3, -0.25) is 4.90 Å². The van der Waals surface area contributed by atoms with Crippen LogP contribution in [0.5, 0.6) is 0 Å². The fourth-order valence-electron chi connectivity index (χ4n) is 5.11. The molecule has 0 aromatic heterocycles. The van der Waals surface area contributed by atoms with E-state index in [4.69, 9.17) is 0 Å². The van der Waals surface area contributed by atoms with E-state index in [0.29, 0.717) is 0 Å². The van der Waals surface area contributed by atoms with Crippen LogP contribution in [-0.4, -0.2) is 54.5 Å². The molecule has 31 heavy (non-hydrogen) atoms. The van der Waals surface area contributed by atoms with E-state index in [1.54, 1.807) is 0 Å². The molecular formula is C26H34Br2N2O. The molecule has 2 aliphatic heterocycles. The molecule has 3 nitrogen and oxygen atoms in total. The summed E-state index contributed by atoms with van der Waals surface area (Å²) in [7, 11) is 0. The molecule has 2 aromatic carbocycles. The van der Waals surface area contributed by atoms with Crippen LogP contribution in [0.3, 0.4) is 0 Å². The lowest BCUT2D eigenvalue weighted by molar-refractivity contribution is 0.210. The average molecular weight is 550 g/mol. The SMILES string of the molecule is Br.Br.C1=C2C(=C(c3ccccc3)c3ccccc32)CN(CCCN2CCCCC2)C1.O. The van der Waals surface area contributed by atoms with Gasteiger partial charge in [0.2, 0.25) is 0 Å². The first-order chi connectivity index (χ1) is 13.9. The molecule has 0 spiro atoms. The van der Waals surface area contributed by atoms with E-state index < -0.39 is 0 Å². The van der Waals surface area contributed by atoms with Crippen molar-refractivity contribution < 1.29 is 5.48 Å². The van der Waals surface area contributed by atoms with Gasteiger partial charge in [-0.2, -0.15) is 0 Å². The molecule has 0 amide bonds. The highest BCUT2D eigenvalue weighted by molar-refractivity contribution is 8.93. The maximum atomic E-state index is 2.66.